The van der Waals surface area contributed by atoms with E-state index in [0.29, 0.717) is 17.1 Å². The summed E-state index contributed by atoms with van der Waals surface area (Å²) in [5.41, 5.74) is 0.761. The van der Waals surface area contributed by atoms with Crippen molar-refractivity contribution in [3.8, 4) is 5.75 Å². The smallest absolute Gasteiger partial charge is 0.253 e. The van der Waals surface area contributed by atoms with Crippen LogP contribution in [0.25, 0.3) is 0 Å². The molecule has 3 rings (SSSR count). The molecule has 1 N–H and O–H groups in total. The fraction of sp³-hybridized carbons (Fsp3) is 0.200. The first kappa shape index (κ1) is 20.9. The van der Waals surface area contributed by atoms with Gasteiger partial charge in [-0.2, -0.15) is 0 Å². The van der Waals surface area contributed by atoms with Gasteiger partial charge in [0.2, 0.25) is 0 Å². The van der Waals surface area contributed by atoms with Crippen LogP contribution in [0.15, 0.2) is 59.8 Å². The lowest BCUT2D eigenvalue weighted by Gasteiger charge is -2.21. The Morgan fingerprint density at radius 2 is 1.97 bits per heavy atom. The second-order valence-corrected chi connectivity index (χ2v) is 8.88. The summed E-state index contributed by atoms with van der Waals surface area (Å²) in [6.07, 6.45) is 4.46. The summed E-state index contributed by atoms with van der Waals surface area (Å²) in [5.74, 6) is 0.634. The zero-order valence-electron chi connectivity index (χ0n) is 16.1. The third-order valence-corrected chi connectivity index (χ3v) is 5.89. The minimum Gasteiger partial charge on any atom is -0.496 e. The van der Waals surface area contributed by atoms with E-state index in [-0.39, 0.29) is 15.5 Å². The number of nitrogens with zero attached hydrogens (tertiary/aromatic N) is 2. The van der Waals surface area contributed by atoms with E-state index in [1.54, 1.807) is 30.1 Å². The number of ether oxygens (including phenoxy) is 1. The van der Waals surface area contributed by atoms with Gasteiger partial charge in [0.15, 0.2) is 9.84 Å². The summed E-state index contributed by atoms with van der Waals surface area (Å²) in [4.78, 5) is 17.4. The lowest BCUT2D eigenvalue weighted by Crippen LogP contribution is -2.31. The highest BCUT2D eigenvalue weighted by molar-refractivity contribution is 7.90. The van der Waals surface area contributed by atoms with Crippen molar-refractivity contribution in [3.63, 3.8) is 0 Å². The van der Waals surface area contributed by atoms with Crippen molar-refractivity contribution in [2.24, 2.45) is 7.05 Å². The number of rotatable bonds is 6. The number of halogens is 1. The number of hydrogen-bond donors (Lipinski definition) is 1. The summed E-state index contributed by atoms with van der Waals surface area (Å²) in [7, 11) is -0.134. The van der Waals surface area contributed by atoms with Gasteiger partial charge in [0.25, 0.3) is 5.91 Å². The van der Waals surface area contributed by atoms with Gasteiger partial charge in [-0.3, -0.25) is 4.79 Å². The molecule has 0 bridgehead atoms. The molecule has 2 aromatic carbocycles. The van der Waals surface area contributed by atoms with Crippen molar-refractivity contribution in [3.05, 3.63) is 76.8 Å². The van der Waals surface area contributed by atoms with Crippen LogP contribution in [0.4, 0.5) is 0 Å². The lowest BCUT2D eigenvalue weighted by atomic mass is 10.0. The van der Waals surface area contributed by atoms with Gasteiger partial charge in [-0.25, -0.2) is 13.4 Å². The van der Waals surface area contributed by atoms with Crippen molar-refractivity contribution in [2.45, 2.75) is 10.9 Å². The first-order chi connectivity index (χ1) is 13.7. The molecule has 0 spiro atoms. The molecule has 0 radical (unpaired) electrons. The monoisotopic (exact) mass is 433 g/mol. The zero-order chi connectivity index (χ0) is 21.2. The molecular formula is C20H20ClN3O4S. The quantitative estimate of drug-likeness (QED) is 0.645. The zero-order valence-corrected chi connectivity index (χ0v) is 17.7. The Hall–Kier alpha value is -2.84. The number of carbonyl (C=O) groups is 1. The van der Waals surface area contributed by atoms with Crippen LogP contribution < -0.4 is 10.1 Å². The molecule has 1 atom stereocenters. The number of para-hydroxylation sites is 1. The highest BCUT2D eigenvalue weighted by atomic mass is 35.5. The molecule has 1 unspecified atom stereocenters. The van der Waals surface area contributed by atoms with E-state index >= 15 is 0 Å². The van der Waals surface area contributed by atoms with Crippen molar-refractivity contribution in [1.29, 1.82) is 0 Å². The van der Waals surface area contributed by atoms with E-state index in [2.05, 4.69) is 10.3 Å². The van der Waals surface area contributed by atoms with E-state index < -0.39 is 21.8 Å². The number of sulfone groups is 1. The van der Waals surface area contributed by atoms with Gasteiger partial charge >= 0.3 is 0 Å². The van der Waals surface area contributed by atoms with Gasteiger partial charge in [-0.15, -0.1) is 0 Å². The molecule has 0 saturated heterocycles. The Labute approximate surface area is 174 Å². The van der Waals surface area contributed by atoms with Crippen LogP contribution in [-0.4, -0.2) is 37.2 Å². The molecule has 1 heterocycles. The summed E-state index contributed by atoms with van der Waals surface area (Å²) in [5, 5.41) is 3.05. The number of hydrogen-bond acceptors (Lipinski definition) is 5. The van der Waals surface area contributed by atoms with Gasteiger partial charge in [-0.05, 0) is 24.3 Å². The van der Waals surface area contributed by atoms with Crippen molar-refractivity contribution < 1.29 is 17.9 Å². The van der Waals surface area contributed by atoms with Crippen LogP contribution in [0.3, 0.4) is 0 Å². The van der Waals surface area contributed by atoms with E-state index in [4.69, 9.17) is 16.3 Å². The molecule has 0 aliphatic heterocycles. The molecule has 7 nitrogen and oxygen atoms in total. The van der Waals surface area contributed by atoms with E-state index in [1.165, 1.54) is 18.2 Å². The van der Waals surface area contributed by atoms with Crippen LogP contribution in [0.1, 0.15) is 27.8 Å². The number of benzene rings is 2. The number of carbonyl (C=O) groups excluding carboxylic acids is 1. The summed E-state index contributed by atoms with van der Waals surface area (Å²) in [6.45, 7) is 0. The predicted octanol–water partition coefficient (Wildman–Crippen LogP) is 3.01. The van der Waals surface area contributed by atoms with Gasteiger partial charge in [-0.1, -0.05) is 29.8 Å². The number of imidazole rings is 1. The standard InChI is InChI=1S/C20H20ClN3O4S/c1-24-11-10-22-19(24)18(14-6-4-5-7-17(14)28-2)23-20(25)15-12-13(29(3,26)27)8-9-16(15)21/h4-12,18H,1-3H3,(H,23,25). The third kappa shape index (κ3) is 4.44. The second kappa shape index (κ2) is 8.26. The van der Waals surface area contributed by atoms with Crippen LogP contribution in [-0.2, 0) is 16.9 Å². The fourth-order valence-corrected chi connectivity index (χ4v) is 3.81. The molecule has 9 heteroatoms. The van der Waals surface area contributed by atoms with Crippen LogP contribution in [0.5, 0.6) is 5.75 Å². The topological polar surface area (TPSA) is 90.3 Å². The maximum absolute atomic E-state index is 13.1. The number of methoxy groups -OCH3 is 1. The Balaban J connectivity index is 2.06. The van der Waals surface area contributed by atoms with Gasteiger partial charge in [0, 0.05) is 31.3 Å². The minimum atomic E-state index is -3.49. The maximum atomic E-state index is 13.1. The first-order valence-corrected chi connectivity index (χ1v) is 10.9. The van der Waals surface area contributed by atoms with Gasteiger partial charge < -0.3 is 14.6 Å². The minimum absolute atomic E-state index is 0.0119. The molecule has 152 valence electrons. The Bertz CT molecular complexity index is 1160. The van der Waals surface area contributed by atoms with Gasteiger partial charge in [0.05, 0.1) is 22.6 Å². The average molecular weight is 434 g/mol. The van der Waals surface area contributed by atoms with Crippen molar-refractivity contribution in [2.75, 3.05) is 13.4 Å². The van der Waals surface area contributed by atoms with Gasteiger partial charge in [0.1, 0.15) is 17.6 Å². The Kier molecular flexibility index (Phi) is 5.95. The second-order valence-electron chi connectivity index (χ2n) is 6.46. The number of aromatic nitrogens is 2. The van der Waals surface area contributed by atoms with Crippen LogP contribution >= 0.6 is 11.6 Å². The fourth-order valence-electron chi connectivity index (χ4n) is 2.96. The van der Waals surface area contributed by atoms with Crippen molar-refractivity contribution >= 4 is 27.3 Å². The maximum Gasteiger partial charge on any atom is 0.253 e. The third-order valence-electron chi connectivity index (χ3n) is 4.45. The molecule has 0 aliphatic carbocycles. The molecule has 1 aromatic heterocycles. The summed E-state index contributed by atoms with van der Waals surface area (Å²) < 4.78 is 31.0. The summed E-state index contributed by atoms with van der Waals surface area (Å²) >= 11 is 6.18. The molecule has 0 saturated carbocycles. The number of amides is 1. The highest BCUT2D eigenvalue weighted by Crippen LogP contribution is 2.30. The van der Waals surface area contributed by atoms with Crippen LogP contribution in [0.2, 0.25) is 5.02 Å². The van der Waals surface area contributed by atoms with Crippen LogP contribution in [0, 0.1) is 0 Å². The molecule has 1 amide bonds. The summed E-state index contributed by atoms with van der Waals surface area (Å²) in [6, 6.07) is 10.7. The molecule has 3 aromatic rings. The van der Waals surface area contributed by atoms with Crippen molar-refractivity contribution in [1.82, 2.24) is 14.9 Å². The average Bonchev–Trinajstić information content (AvgIpc) is 3.11. The van der Waals surface area contributed by atoms with E-state index in [9.17, 15) is 13.2 Å². The first-order valence-electron chi connectivity index (χ1n) is 8.63. The Morgan fingerprint density at radius 1 is 1.24 bits per heavy atom. The molecule has 0 fully saturated rings. The highest BCUT2D eigenvalue weighted by Gasteiger charge is 2.25. The van der Waals surface area contributed by atoms with E-state index in [1.807, 2.05) is 25.2 Å². The Morgan fingerprint density at radius 3 is 2.59 bits per heavy atom. The SMILES string of the molecule is COc1ccccc1C(NC(=O)c1cc(S(C)(=O)=O)ccc1Cl)c1nccn1C. The lowest BCUT2D eigenvalue weighted by molar-refractivity contribution is 0.0940. The molecular weight excluding hydrogens is 414 g/mol. The predicted molar refractivity (Wildman–Crippen MR) is 110 cm³/mol. The number of aryl methyl sites for hydroxylation is 1. The largest absolute Gasteiger partial charge is 0.496 e. The van der Waals surface area contributed by atoms with E-state index in [0.717, 1.165) is 6.26 Å². The molecule has 29 heavy (non-hydrogen) atoms. The number of nitrogens with one attached hydrogen (secondary N) is 1. The molecule has 0 aliphatic rings. The normalized spacial score (nSPS) is 12.4.